The Balaban J connectivity index is 1.53. The third kappa shape index (κ3) is 3.54. The van der Waals surface area contributed by atoms with Gasteiger partial charge < -0.3 is 0 Å². The Morgan fingerprint density at radius 1 is 0.488 bits per heavy atom. The number of hydrogen-bond acceptors (Lipinski definition) is 2. The molecule has 0 aliphatic rings. The number of fused-ring (bicyclic) bond motifs is 6. The Kier molecular flexibility index (Phi) is 5.13. The molecule has 0 bridgehead atoms. The zero-order valence-corrected chi connectivity index (χ0v) is 23.3. The van der Waals surface area contributed by atoms with E-state index < -0.39 is 0 Å². The first-order chi connectivity index (χ1) is 20.1. The maximum atomic E-state index is 4.88. The zero-order chi connectivity index (χ0) is 27.7. The Morgan fingerprint density at radius 2 is 0.951 bits per heavy atom. The molecule has 0 fully saturated rings. The van der Waals surface area contributed by atoms with E-state index in [1.165, 1.54) is 38.6 Å². The Labute approximate surface area is 238 Å². The number of rotatable bonds is 3. The Hall–Kier alpha value is -5.22. The average Bonchev–Trinajstić information content (AvgIpc) is 3.50. The van der Waals surface area contributed by atoms with E-state index in [0.29, 0.717) is 0 Å². The zero-order valence-electron chi connectivity index (χ0n) is 23.3. The van der Waals surface area contributed by atoms with Gasteiger partial charge in [-0.1, -0.05) is 54.1 Å². The highest BCUT2D eigenvalue weighted by Crippen LogP contribution is 2.38. The van der Waals surface area contributed by atoms with E-state index in [-0.39, 0.29) is 0 Å². The number of aromatic nitrogens is 4. The van der Waals surface area contributed by atoms with E-state index in [2.05, 4.69) is 121 Å². The fraction of sp³-hybridized carbons (Fsp3) is 0.0811. The normalized spacial score (nSPS) is 11.8. The molecule has 4 aromatic carbocycles. The Bertz CT molecular complexity index is 2040. The summed E-state index contributed by atoms with van der Waals surface area (Å²) in [4.78, 5) is 9.76. The summed E-state index contributed by atoms with van der Waals surface area (Å²) in [7, 11) is 0. The molecule has 0 radical (unpaired) electrons. The number of benzene rings is 4. The quantitative estimate of drug-likeness (QED) is 0.229. The standard InChI is InChI=1S/C37H28N4/c1-23-18-24(2)35(25(3)19-23)26-20-27(40-33-14-6-4-10-29(33)31-12-8-16-38-36(31)40)22-28(21-26)41-34-15-7-5-11-30(34)32-13-9-17-39-37(32)41/h4-22H,1-3H3. The Morgan fingerprint density at radius 3 is 1.46 bits per heavy atom. The molecule has 0 spiro atoms. The molecule has 0 aliphatic heterocycles. The van der Waals surface area contributed by atoms with Crippen molar-refractivity contribution in [3.63, 3.8) is 0 Å². The molecular formula is C37H28N4. The number of para-hydroxylation sites is 2. The van der Waals surface area contributed by atoms with Crippen LogP contribution in [-0.4, -0.2) is 19.1 Å². The van der Waals surface area contributed by atoms with E-state index in [4.69, 9.17) is 9.97 Å². The smallest absolute Gasteiger partial charge is 0.145 e. The van der Waals surface area contributed by atoms with Crippen LogP contribution in [0.5, 0.6) is 0 Å². The second kappa shape index (κ2) is 8.90. The van der Waals surface area contributed by atoms with E-state index in [0.717, 1.165) is 44.5 Å². The predicted octanol–water partition coefficient (Wildman–Crippen LogP) is 9.26. The highest BCUT2D eigenvalue weighted by molar-refractivity contribution is 6.09. The summed E-state index contributed by atoms with van der Waals surface area (Å²) in [5.74, 6) is 0. The van der Waals surface area contributed by atoms with Crippen LogP contribution in [0.4, 0.5) is 0 Å². The summed E-state index contributed by atoms with van der Waals surface area (Å²) in [6, 6.07) is 37.0. The molecule has 4 heteroatoms. The van der Waals surface area contributed by atoms with Gasteiger partial charge in [0.05, 0.1) is 22.4 Å². The molecule has 8 aromatic rings. The number of aryl methyl sites for hydroxylation is 3. The van der Waals surface area contributed by atoms with Crippen LogP contribution in [-0.2, 0) is 0 Å². The molecule has 0 unspecified atom stereocenters. The topological polar surface area (TPSA) is 35.6 Å². The lowest BCUT2D eigenvalue weighted by molar-refractivity contribution is 1.10. The highest BCUT2D eigenvalue weighted by atomic mass is 15.1. The van der Waals surface area contributed by atoms with Crippen LogP contribution in [0.25, 0.3) is 66.4 Å². The van der Waals surface area contributed by atoms with Crippen LogP contribution in [0.2, 0.25) is 0 Å². The van der Waals surface area contributed by atoms with Crippen molar-refractivity contribution in [2.75, 3.05) is 0 Å². The first kappa shape index (κ1) is 23.6. The van der Waals surface area contributed by atoms with Gasteiger partial charge in [0.2, 0.25) is 0 Å². The first-order valence-corrected chi connectivity index (χ1v) is 14.0. The summed E-state index contributed by atoms with van der Waals surface area (Å²) in [6.07, 6.45) is 3.77. The van der Waals surface area contributed by atoms with Crippen molar-refractivity contribution in [3.8, 4) is 22.5 Å². The molecule has 41 heavy (non-hydrogen) atoms. The monoisotopic (exact) mass is 528 g/mol. The molecule has 0 aliphatic carbocycles. The fourth-order valence-electron chi connectivity index (χ4n) is 6.75. The van der Waals surface area contributed by atoms with E-state index >= 15 is 0 Å². The first-order valence-electron chi connectivity index (χ1n) is 14.0. The van der Waals surface area contributed by atoms with Gasteiger partial charge in [-0.2, -0.15) is 0 Å². The van der Waals surface area contributed by atoms with Crippen molar-refractivity contribution in [2.45, 2.75) is 20.8 Å². The van der Waals surface area contributed by atoms with Crippen LogP contribution in [0.1, 0.15) is 16.7 Å². The SMILES string of the molecule is Cc1cc(C)c(-c2cc(-n3c4ccccc4c4cccnc43)cc(-n3c4ccccc4c4cccnc43)c2)c(C)c1. The number of pyridine rings is 2. The van der Waals surface area contributed by atoms with Gasteiger partial charge in [0, 0.05) is 33.9 Å². The summed E-state index contributed by atoms with van der Waals surface area (Å²) in [5, 5.41) is 4.69. The lowest BCUT2D eigenvalue weighted by Crippen LogP contribution is -2.02. The minimum absolute atomic E-state index is 0.953. The van der Waals surface area contributed by atoms with Crippen LogP contribution >= 0.6 is 0 Å². The molecule has 4 heterocycles. The highest BCUT2D eigenvalue weighted by Gasteiger charge is 2.19. The van der Waals surface area contributed by atoms with Crippen molar-refractivity contribution in [1.82, 2.24) is 19.1 Å². The van der Waals surface area contributed by atoms with Gasteiger partial charge in [0.15, 0.2) is 0 Å². The van der Waals surface area contributed by atoms with Crippen LogP contribution < -0.4 is 0 Å². The van der Waals surface area contributed by atoms with Crippen LogP contribution in [0.15, 0.2) is 116 Å². The number of hydrogen-bond donors (Lipinski definition) is 0. The molecule has 8 rings (SSSR count). The van der Waals surface area contributed by atoms with Gasteiger partial charge in [-0.15, -0.1) is 0 Å². The van der Waals surface area contributed by atoms with Gasteiger partial charge in [-0.25, -0.2) is 9.97 Å². The summed E-state index contributed by atoms with van der Waals surface area (Å²) in [6.45, 7) is 6.59. The minimum atomic E-state index is 0.953. The second-order valence-corrected chi connectivity index (χ2v) is 11.0. The van der Waals surface area contributed by atoms with Gasteiger partial charge in [0.25, 0.3) is 0 Å². The molecule has 4 nitrogen and oxygen atoms in total. The van der Waals surface area contributed by atoms with Gasteiger partial charge in [0.1, 0.15) is 11.3 Å². The summed E-state index contributed by atoms with van der Waals surface area (Å²) >= 11 is 0. The van der Waals surface area contributed by atoms with Crippen molar-refractivity contribution in [1.29, 1.82) is 0 Å². The van der Waals surface area contributed by atoms with Crippen LogP contribution in [0.3, 0.4) is 0 Å². The van der Waals surface area contributed by atoms with Crippen molar-refractivity contribution in [2.24, 2.45) is 0 Å². The minimum Gasteiger partial charge on any atom is -0.294 e. The molecular weight excluding hydrogens is 500 g/mol. The summed E-state index contributed by atoms with van der Waals surface area (Å²) < 4.78 is 4.61. The third-order valence-corrected chi connectivity index (χ3v) is 8.25. The second-order valence-electron chi connectivity index (χ2n) is 11.0. The molecule has 0 atom stereocenters. The van der Waals surface area contributed by atoms with Crippen molar-refractivity contribution in [3.05, 3.63) is 132 Å². The third-order valence-electron chi connectivity index (χ3n) is 8.25. The van der Waals surface area contributed by atoms with Crippen molar-refractivity contribution >= 4 is 43.9 Å². The van der Waals surface area contributed by atoms with Gasteiger partial charge in [-0.05, 0) is 97.6 Å². The van der Waals surface area contributed by atoms with Gasteiger partial charge in [-0.3, -0.25) is 9.13 Å². The molecule has 4 aromatic heterocycles. The fourth-order valence-corrected chi connectivity index (χ4v) is 6.75. The molecule has 0 saturated carbocycles. The van der Waals surface area contributed by atoms with E-state index in [1.54, 1.807) is 0 Å². The molecule has 0 N–H and O–H groups in total. The van der Waals surface area contributed by atoms with Crippen molar-refractivity contribution < 1.29 is 0 Å². The van der Waals surface area contributed by atoms with Gasteiger partial charge >= 0.3 is 0 Å². The lowest BCUT2D eigenvalue weighted by Gasteiger charge is -2.17. The van der Waals surface area contributed by atoms with E-state index in [9.17, 15) is 0 Å². The average molecular weight is 529 g/mol. The van der Waals surface area contributed by atoms with E-state index in [1.807, 2.05) is 24.5 Å². The number of nitrogens with zero attached hydrogens (tertiary/aromatic N) is 4. The largest absolute Gasteiger partial charge is 0.294 e. The maximum absolute atomic E-state index is 4.88. The predicted molar refractivity (Wildman–Crippen MR) is 170 cm³/mol. The molecule has 0 amide bonds. The summed E-state index contributed by atoms with van der Waals surface area (Å²) in [5.41, 5.74) is 12.6. The maximum Gasteiger partial charge on any atom is 0.145 e. The van der Waals surface area contributed by atoms with Crippen LogP contribution in [0, 0.1) is 20.8 Å². The molecule has 0 saturated heterocycles. The lowest BCUT2D eigenvalue weighted by atomic mass is 9.93. The molecule has 196 valence electrons.